The molecule has 5 nitrogen and oxygen atoms in total. The SMILES string of the molecule is Cc1cc2n(n1)CC(=O)C[C@H](C(=O)N(C)c1ccc(Cl)cc1)Cc1cccc(c1)CCC2. The number of halogens is 1. The quantitative estimate of drug-likeness (QED) is 0.563. The number of aryl methyl sites for hydroxylation is 3. The fourth-order valence-corrected chi connectivity index (χ4v) is 4.55. The largest absolute Gasteiger partial charge is 0.315 e. The van der Waals surface area contributed by atoms with Gasteiger partial charge in [0.25, 0.3) is 0 Å². The third-order valence-electron chi connectivity index (χ3n) is 6.05. The number of hydrogen-bond acceptors (Lipinski definition) is 3. The summed E-state index contributed by atoms with van der Waals surface area (Å²) in [7, 11) is 1.75. The van der Waals surface area contributed by atoms with Gasteiger partial charge in [-0.2, -0.15) is 5.10 Å². The van der Waals surface area contributed by atoms with Crippen molar-refractivity contribution in [2.24, 2.45) is 5.92 Å². The zero-order valence-corrected chi connectivity index (χ0v) is 19.3. The lowest BCUT2D eigenvalue weighted by atomic mass is 9.91. The minimum atomic E-state index is -0.445. The molecule has 1 atom stereocenters. The van der Waals surface area contributed by atoms with Crippen molar-refractivity contribution in [1.29, 1.82) is 0 Å². The van der Waals surface area contributed by atoms with E-state index in [1.807, 2.05) is 35.9 Å². The molecule has 0 spiro atoms. The van der Waals surface area contributed by atoms with Crippen LogP contribution in [-0.2, 0) is 35.4 Å². The molecule has 0 saturated carbocycles. The first kappa shape index (κ1) is 22.3. The highest BCUT2D eigenvalue weighted by molar-refractivity contribution is 6.30. The Balaban J connectivity index is 1.64. The molecule has 0 fully saturated rings. The molecule has 2 aromatic carbocycles. The Kier molecular flexibility index (Phi) is 6.75. The Morgan fingerprint density at radius 3 is 2.59 bits per heavy atom. The van der Waals surface area contributed by atoms with E-state index in [0.717, 1.165) is 41.9 Å². The molecule has 1 aliphatic heterocycles. The highest BCUT2D eigenvalue weighted by Gasteiger charge is 2.27. The second-order valence-corrected chi connectivity index (χ2v) is 9.06. The molecule has 0 aliphatic carbocycles. The number of benzene rings is 2. The fourth-order valence-electron chi connectivity index (χ4n) is 4.43. The van der Waals surface area contributed by atoms with Crippen LogP contribution in [0.3, 0.4) is 0 Å². The maximum absolute atomic E-state index is 13.5. The molecular formula is C26H28ClN3O2. The van der Waals surface area contributed by atoms with E-state index in [-0.39, 0.29) is 24.7 Å². The van der Waals surface area contributed by atoms with Crippen LogP contribution in [0.15, 0.2) is 54.6 Å². The fraction of sp³-hybridized carbons (Fsp3) is 0.346. The number of amides is 1. The van der Waals surface area contributed by atoms with Gasteiger partial charge in [-0.1, -0.05) is 35.9 Å². The van der Waals surface area contributed by atoms with E-state index in [0.29, 0.717) is 11.4 Å². The molecule has 2 bridgehead atoms. The topological polar surface area (TPSA) is 55.2 Å². The average molecular weight is 450 g/mol. The van der Waals surface area contributed by atoms with Crippen LogP contribution < -0.4 is 4.90 Å². The summed E-state index contributed by atoms with van der Waals surface area (Å²) in [6, 6.07) is 17.6. The summed E-state index contributed by atoms with van der Waals surface area (Å²) in [6.45, 7) is 2.15. The van der Waals surface area contributed by atoms with Gasteiger partial charge in [-0.25, -0.2) is 0 Å². The first-order chi connectivity index (χ1) is 15.4. The van der Waals surface area contributed by atoms with Crippen LogP contribution in [0.5, 0.6) is 0 Å². The van der Waals surface area contributed by atoms with Gasteiger partial charge in [-0.15, -0.1) is 0 Å². The van der Waals surface area contributed by atoms with Crippen molar-refractivity contribution in [3.63, 3.8) is 0 Å². The molecular weight excluding hydrogens is 422 g/mol. The molecule has 0 unspecified atom stereocenters. The van der Waals surface area contributed by atoms with Crippen LogP contribution in [-0.4, -0.2) is 28.5 Å². The molecule has 3 aromatic rings. The van der Waals surface area contributed by atoms with Gasteiger partial charge in [-0.3, -0.25) is 14.3 Å². The number of rotatable bonds is 2. The predicted octanol–water partition coefficient (Wildman–Crippen LogP) is 4.81. The lowest BCUT2D eigenvalue weighted by molar-refractivity contribution is -0.127. The van der Waals surface area contributed by atoms with Gasteiger partial charge >= 0.3 is 0 Å². The Labute approximate surface area is 194 Å². The second-order valence-electron chi connectivity index (χ2n) is 8.63. The standard InChI is InChI=1S/C26H28ClN3O2/c1-18-13-24-8-4-6-19-5-3-7-20(14-19)15-21(16-25(31)17-30(24)28-18)26(32)29(2)23-11-9-22(27)10-12-23/h3,5,7,9-14,21H,4,6,8,15-17H2,1-2H3/t21-/m1/s1. The lowest BCUT2D eigenvalue weighted by Crippen LogP contribution is -2.35. The van der Waals surface area contributed by atoms with Crippen LogP contribution in [0, 0.1) is 12.8 Å². The summed E-state index contributed by atoms with van der Waals surface area (Å²) in [4.78, 5) is 28.2. The summed E-state index contributed by atoms with van der Waals surface area (Å²) in [6.07, 6.45) is 3.53. The molecule has 32 heavy (non-hydrogen) atoms. The van der Waals surface area contributed by atoms with Crippen molar-refractivity contribution in [2.45, 2.75) is 45.6 Å². The maximum Gasteiger partial charge on any atom is 0.230 e. The Morgan fingerprint density at radius 1 is 1.06 bits per heavy atom. The Hall–Kier alpha value is -2.92. The minimum Gasteiger partial charge on any atom is -0.315 e. The van der Waals surface area contributed by atoms with Crippen LogP contribution in [0.1, 0.15) is 35.4 Å². The number of ketones is 1. The van der Waals surface area contributed by atoms with E-state index < -0.39 is 5.92 Å². The summed E-state index contributed by atoms with van der Waals surface area (Å²) >= 11 is 6.00. The lowest BCUT2D eigenvalue weighted by Gasteiger charge is -2.24. The molecule has 1 aliphatic rings. The molecule has 6 heteroatoms. The number of aromatic nitrogens is 2. The van der Waals surface area contributed by atoms with Crippen molar-refractivity contribution in [3.05, 3.63) is 82.1 Å². The molecule has 2 heterocycles. The van der Waals surface area contributed by atoms with E-state index in [1.165, 1.54) is 5.56 Å². The summed E-state index contributed by atoms with van der Waals surface area (Å²) in [5.74, 6) is -0.496. The zero-order chi connectivity index (χ0) is 22.7. The number of carbonyl (C=O) groups is 2. The molecule has 0 N–H and O–H groups in total. The van der Waals surface area contributed by atoms with E-state index in [2.05, 4.69) is 23.3 Å². The summed E-state index contributed by atoms with van der Waals surface area (Å²) in [5, 5.41) is 5.15. The molecule has 1 aromatic heterocycles. The second kappa shape index (κ2) is 9.70. The zero-order valence-electron chi connectivity index (χ0n) is 18.6. The van der Waals surface area contributed by atoms with Crippen LogP contribution >= 0.6 is 11.6 Å². The number of anilines is 1. The van der Waals surface area contributed by atoms with Crippen molar-refractivity contribution in [3.8, 4) is 0 Å². The Morgan fingerprint density at radius 2 is 1.81 bits per heavy atom. The third-order valence-corrected chi connectivity index (χ3v) is 6.30. The number of carbonyl (C=O) groups excluding carboxylic acids is 2. The Bertz CT molecular complexity index is 1120. The number of hydrogen-bond donors (Lipinski definition) is 0. The van der Waals surface area contributed by atoms with Gasteiger partial charge in [-0.05, 0) is 74.1 Å². The molecule has 0 saturated heterocycles. The monoisotopic (exact) mass is 449 g/mol. The maximum atomic E-state index is 13.5. The first-order valence-corrected chi connectivity index (χ1v) is 11.4. The number of nitrogens with zero attached hydrogens (tertiary/aromatic N) is 3. The van der Waals surface area contributed by atoms with Gasteiger partial charge in [0, 0.05) is 35.8 Å². The van der Waals surface area contributed by atoms with Crippen molar-refractivity contribution >= 4 is 29.0 Å². The van der Waals surface area contributed by atoms with E-state index in [4.69, 9.17) is 11.6 Å². The van der Waals surface area contributed by atoms with Gasteiger partial charge in [0.05, 0.1) is 12.2 Å². The van der Waals surface area contributed by atoms with Crippen molar-refractivity contribution in [1.82, 2.24) is 9.78 Å². The van der Waals surface area contributed by atoms with E-state index in [1.54, 1.807) is 24.1 Å². The highest BCUT2D eigenvalue weighted by Crippen LogP contribution is 2.23. The van der Waals surface area contributed by atoms with Crippen LogP contribution in [0.2, 0.25) is 5.02 Å². The predicted molar refractivity (Wildman–Crippen MR) is 127 cm³/mol. The molecule has 166 valence electrons. The van der Waals surface area contributed by atoms with Gasteiger partial charge in [0.15, 0.2) is 5.78 Å². The smallest absolute Gasteiger partial charge is 0.230 e. The third kappa shape index (κ3) is 5.28. The van der Waals surface area contributed by atoms with Crippen molar-refractivity contribution < 1.29 is 9.59 Å². The van der Waals surface area contributed by atoms with E-state index >= 15 is 0 Å². The summed E-state index contributed by atoms with van der Waals surface area (Å²) < 4.78 is 1.82. The molecule has 1 amide bonds. The summed E-state index contributed by atoms with van der Waals surface area (Å²) in [5.41, 5.74) is 5.09. The van der Waals surface area contributed by atoms with Gasteiger partial charge in [0.2, 0.25) is 5.91 Å². The highest BCUT2D eigenvalue weighted by atomic mass is 35.5. The first-order valence-electron chi connectivity index (χ1n) is 11.0. The van der Waals surface area contributed by atoms with Crippen LogP contribution in [0.25, 0.3) is 0 Å². The van der Waals surface area contributed by atoms with E-state index in [9.17, 15) is 9.59 Å². The van der Waals surface area contributed by atoms with Gasteiger partial charge in [0.1, 0.15) is 0 Å². The number of Topliss-reactive ketones (excluding diaryl/α,β-unsaturated/α-hetero) is 1. The van der Waals surface area contributed by atoms with Crippen LogP contribution in [0.4, 0.5) is 5.69 Å². The van der Waals surface area contributed by atoms with Crippen molar-refractivity contribution in [2.75, 3.05) is 11.9 Å². The number of fused-ring (bicyclic) bond motifs is 3. The normalized spacial score (nSPS) is 17.0. The minimum absolute atomic E-state index is 0.0209. The molecule has 0 radical (unpaired) electrons. The van der Waals surface area contributed by atoms with Gasteiger partial charge < -0.3 is 4.90 Å². The average Bonchev–Trinajstić information content (AvgIpc) is 3.11. The molecule has 4 rings (SSSR count).